The Kier molecular flexibility index (Phi) is 4.79. The van der Waals surface area contributed by atoms with Crippen LogP contribution in [0, 0.1) is 11.3 Å². The number of hydrogen-bond donors (Lipinski definition) is 0. The van der Waals surface area contributed by atoms with E-state index in [1.54, 1.807) is 12.1 Å². The predicted octanol–water partition coefficient (Wildman–Crippen LogP) is 3.00. The normalized spacial score (nSPS) is 9.60. The highest BCUT2D eigenvalue weighted by Gasteiger charge is 2.05. The van der Waals surface area contributed by atoms with Gasteiger partial charge in [0.05, 0.1) is 6.07 Å². The Balaban J connectivity index is 2.41. The monoisotopic (exact) mass is 222 g/mol. The van der Waals surface area contributed by atoms with E-state index in [0.29, 0.717) is 23.6 Å². The number of pyridine rings is 1. The van der Waals surface area contributed by atoms with E-state index in [1.807, 2.05) is 6.07 Å². The quantitative estimate of drug-likeness (QED) is 0.437. The van der Waals surface area contributed by atoms with Crippen molar-refractivity contribution in [1.29, 1.82) is 5.26 Å². The summed E-state index contributed by atoms with van der Waals surface area (Å²) in [6.45, 7) is 0. The first kappa shape index (κ1) is 11.7. The molecule has 0 saturated heterocycles. The number of carbonyl (C=O) groups is 1. The average molecular weight is 223 g/mol. The molecule has 1 heterocycles. The van der Waals surface area contributed by atoms with Crippen LogP contribution in [0.1, 0.15) is 36.0 Å². The maximum absolute atomic E-state index is 11.6. The van der Waals surface area contributed by atoms with E-state index in [1.165, 1.54) is 6.20 Å². The highest BCUT2D eigenvalue weighted by Crippen LogP contribution is 2.09. The summed E-state index contributed by atoms with van der Waals surface area (Å²) >= 11 is 5.60. The van der Waals surface area contributed by atoms with Gasteiger partial charge in [0.2, 0.25) is 0 Å². The molecule has 0 spiro atoms. The number of aromatic nitrogens is 1. The van der Waals surface area contributed by atoms with Crippen LogP contribution in [0.5, 0.6) is 0 Å². The zero-order valence-electron chi connectivity index (χ0n) is 8.24. The van der Waals surface area contributed by atoms with Crippen molar-refractivity contribution >= 4 is 17.4 Å². The molecule has 0 saturated carbocycles. The molecule has 0 aliphatic carbocycles. The molecule has 0 amide bonds. The lowest BCUT2D eigenvalue weighted by atomic mass is 10.1. The molecule has 0 aliphatic rings. The van der Waals surface area contributed by atoms with Crippen LogP contribution >= 0.6 is 11.6 Å². The van der Waals surface area contributed by atoms with E-state index < -0.39 is 0 Å². The number of carbonyl (C=O) groups excluding carboxylic acids is 1. The van der Waals surface area contributed by atoms with Gasteiger partial charge in [-0.15, -0.1) is 0 Å². The zero-order valence-corrected chi connectivity index (χ0v) is 9.00. The number of halogens is 1. The lowest BCUT2D eigenvalue weighted by Crippen LogP contribution is -1.99. The van der Waals surface area contributed by atoms with Crippen molar-refractivity contribution in [3.63, 3.8) is 0 Å². The number of nitriles is 1. The second kappa shape index (κ2) is 6.15. The first-order valence-corrected chi connectivity index (χ1v) is 5.13. The van der Waals surface area contributed by atoms with Crippen molar-refractivity contribution in [2.24, 2.45) is 0 Å². The summed E-state index contributed by atoms with van der Waals surface area (Å²) in [5.74, 6) is 0.0529. The zero-order chi connectivity index (χ0) is 11.1. The molecular weight excluding hydrogens is 212 g/mol. The fourth-order valence-electron chi connectivity index (χ4n) is 1.17. The van der Waals surface area contributed by atoms with Crippen molar-refractivity contribution in [2.75, 3.05) is 0 Å². The topological polar surface area (TPSA) is 53.8 Å². The summed E-state index contributed by atoms with van der Waals surface area (Å²) in [7, 11) is 0. The second-order valence-corrected chi connectivity index (χ2v) is 3.55. The molecular formula is C11H11ClN2O. The minimum Gasteiger partial charge on any atom is -0.294 e. The van der Waals surface area contributed by atoms with Crippen molar-refractivity contribution in [3.8, 4) is 6.07 Å². The van der Waals surface area contributed by atoms with Gasteiger partial charge in [-0.2, -0.15) is 5.26 Å². The third-order valence-corrected chi connectivity index (χ3v) is 2.22. The van der Waals surface area contributed by atoms with Crippen LogP contribution in [0.15, 0.2) is 18.3 Å². The van der Waals surface area contributed by atoms with Gasteiger partial charge in [0.1, 0.15) is 5.15 Å². The second-order valence-electron chi connectivity index (χ2n) is 3.16. The van der Waals surface area contributed by atoms with E-state index in [-0.39, 0.29) is 5.78 Å². The van der Waals surface area contributed by atoms with Crippen molar-refractivity contribution < 1.29 is 4.79 Å². The fraction of sp³-hybridized carbons (Fsp3) is 0.364. The fourth-order valence-corrected chi connectivity index (χ4v) is 1.29. The van der Waals surface area contributed by atoms with Crippen LogP contribution in [0.3, 0.4) is 0 Å². The summed E-state index contributed by atoms with van der Waals surface area (Å²) in [6.07, 6.45) is 3.96. The van der Waals surface area contributed by atoms with E-state index in [2.05, 4.69) is 4.98 Å². The van der Waals surface area contributed by atoms with Crippen LogP contribution < -0.4 is 0 Å². The number of rotatable bonds is 5. The highest BCUT2D eigenvalue weighted by molar-refractivity contribution is 6.29. The molecule has 0 aliphatic heterocycles. The molecule has 1 aromatic rings. The molecule has 1 rings (SSSR count). The molecule has 0 fully saturated rings. The molecule has 0 radical (unpaired) electrons. The van der Waals surface area contributed by atoms with Crippen molar-refractivity contribution in [2.45, 2.75) is 25.7 Å². The van der Waals surface area contributed by atoms with Crippen LogP contribution in [-0.4, -0.2) is 10.8 Å². The minimum absolute atomic E-state index is 0.0529. The lowest BCUT2D eigenvalue weighted by Gasteiger charge is -1.99. The van der Waals surface area contributed by atoms with Crippen LogP contribution in [0.25, 0.3) is 0 Å². The van der Waals surface area contributed by atoms with Gasteiger partial charge in [-0.1, -0.05) is 11.6 Å². The smallest absolute Gasteiger partial charge is 0.164 e. The third-order valence-electron chi connectivity index (χ3n) is 1.99. The van der Waals surface area contributed by atoms with Gasteiger partial charge in [-0.25, -0.2) is 4.98 Å². The molecule has 0 bridgehead atoms. The Bertz CT molecular complexity index is 367. The van der Waals surface area contributed by atoms with Crippen LogP contribution in [0.2, 0.25) is 5.15 Å². The van der Waals surface area contributed by atoms with Gasteiger partial charge < -0.3 is 0 Å². The van der Waals surface area contributed by atoms with Crippen LogP contribution in [0.4, 0.5) is 0 Å². The lowest BCUT2D eigenvalue weighted by molar-refractivity contribution is 0.0979. The maximum atomic E-state index is 11.6. The SMILES string of the molecule is N#CCCCCC(=O)c1ccc(Cl)nc1. The summed E-state index contributed by atoms with van der Waals surface area (Å²) in [5.41, 5.74) is 0.580. The Morgan fingerprint density at radius 2 is 2.27 bits per heavy atom. The largest absolute Gasteiger partial charge is 0.294 e. The summed E-state index contributed by atoms with van der Waals surface area (Å²) in [4.78, 5) is 15.4. The van der Waals surface area contributed by atoms with Gasteiger partial charge in [0, 0.05) is 24.6 Å². The van der Waals surface area contributed by atoms with Gasteiger partial charge in [-0.3, -0.25) is 4.79 Å². The standard InChI is InChI=1S/C11H11ClN2O/c12-11-6-5-9(8-14-11)10(15)4-2-1-3-7-13/h5-6,8H,1-4H2. The summed E-state index contributed by atoms with van der Waals surface area (Å²) in [6, 6.07) is 5.32. The maximum Gasteiger partial charge on any atom is 0.164 e. The molecule has 0 aromatic carbocycles. The molecule has 0 N–H and O–H groups in total. The predicted molar refractivity (Wildman–Crippen MR) is 57.7 cm³/mol. The molecule has 0 atom stereocenters. The highest BCUT2D eigenvalue weighted by atomic mass is 35.5. The minimum atomic E-state index is 0.0529. The Morgan fingerprint density at radius 3 is 2.87 bits per heavy atom. The van der Waals surface area contributed by atoms with Gasteiger partial charge in [0.15, 0.2) is 5.78 Å². The Morgan fingerprint density at radius 1 is 1.47 bits per heavy atom. The average Bonchev–Trinajstić information content (AvgIpc) is 2.25. The molecule has 3 nitrogen and oxygen atoms in total. The number of Topliss-reactive ketones (excluding diaryl/α,β-unsaturated/α-hetero) is 1. The Labute approximate surface area is 93.7 Å². The molecule has 1 aromatic heterocycles. The first-order chi connectivity index (χ1) is 7.24. The summed E-state index contributed by atoms with van der Waals surface area (Å²) < 4.78 is 0. The van der Waals surface area contributed by atoms with E-state index in [9.17, 15) is 4.79 Å². The van der Waals surface area contributed by atoms with Crippen molar-refractivity contribution in [1.82, 2.24) is 4.98 Å². The number of unbranched alkanes of at least 4 members (excludes halogenated alkanes) is 2. The number of ketones is 1. The van der Waals surface area contributed by atoms with Gasteiger partial charge in [0.25, 0.3) is 0 Å². The van der Waals surface area contributed by atoms with Crippen LogP contribution in [-0.2, 0) is 0 Å². The van der Waals surface area contributed by atoms with E-state index >= 15 is 0 Å². The molecule has 78 valence electrons. The Hall–Kier alpha value is -1.40. The van der Waals surface area contributed by atoms with Crippen molar-refractivity contribution in [3.05, 3.63) is 29.0 Å². The van der Waals surface area contributed by atoms with E-state index in [4.69, 9.17) is 16.9 Å². The van der Waals surface area contributed by atoms with Gasteiger partial charge in [-0.05, 0) is 25.0 Å². The van der Waals surface area contributed by atoms with E-state index in [0.717, 1.165) is 12.8 Å². The van der Waals surface area contributed by atoms with Gasteiger partial charge >= 0.3 is 0 Å². The summed E-state index contributed by atoms with van der Waals surface area (Å²) in [5, 5.41) is 8.70. The third kappa shape index (κ3) is 4.09. The number of nitrogens with zero attached hydrogens (tertiary/aromatic N) is 2. The number of hydrogen-bond acceptors (Lipinski definition) is 3. The first-order valence-electron chi connectivity index (χ1n) is 4.75. The molecule has 4 heteroatoms. The molecule has 0 unspecified atom stereocenters. The molecule has 15 heavy (non-hydrogen) atoms.